The summed E-state index contributed by atoms with van der Waals surface area (Å²) < 4.78 is 6.37. The van der Waals surface area contributed by atoms with Gasteiger partial charge in [-0.15, -0.1) is 0 Å². The predicted molar refractivity (Wildman–Crippen MR) is 84.3 cm³/mol. The molecule has 0 radical (unpaired) electrons. The van der Waals surface area contributed by atoms with Gasteiger partial charge >= 0.3 is 0 Å². The molecular formula is C14H10BrCl2NO2. The topological polar surface area (TPSA) is 41.8 Å². The Labute approximate surface area is 134 Å². The minimum Gasteiger partial charge on any atom is -0.486 e. The Morgan fingerprint density at radius 2 is 1.95 bits per heavy atom. The van der Waals surface area contributed by atoms with E-state index in [1.54, 1.807) is 18.2 Å². The Balaban J connectivity index is 2.20. The summed E-state index contributed by atoms with van der Waals surface area (Å²) in [6.45, 7) is 0.311. The van der Waals surface area contributed by atoms with Crippen molar-refractivity contribution in [3.63, 3.8) is 0 Å². The molecule has 0 bridgehead atoms. The monoisotopic (exact) mass is 373 g/mol. The van der Waals surface area contributed by atoms with Gasteiger partial charge in [-0.1, -0.05) is 46.6 Å². The van der Waals surface area contributed by atoms with Crippen LogP contribution in [0.25, 0.3) is 0 Å². The number of halogens is 3. The minimum atomic E-state index is 0.311. The summed E-state index contributed by atoms with van der Waals surface area (Å²) in [5, 5.41) is 12.5. The van der Waals surface area contributed by atoms with Crippen LogP contribution in [-0.4, -0.2) is 11.4 Å². The highest BCUT2D eigenvalue weighted by atomic mass is 79.9. The Kier molecular flexibility index (Phi) is 5.29. The van der Waals surface area contributed by atoms with Crippen LogP contribution in [-0.2, 0) is 6.61 Å². The fourth-order valence-electron chi connectivity index (χ4n) is 1.62. The zero-order chi connectivity index (χ0) is 14.5. The van der Waals surface area contributed by atoms with Gasteiger partial charge in [0.1, 0.15) is 6.61 Å². The molecule has 0 fully saturated rings. The van der Waals surface area contributed by atoms with Crippen molar-refractivity contribution >= 4 is 45.3 Å². The standard InChI is InChI=1S/C14H10BrCl2NO2/c15-11-5-9(7-18-19)6-13(17)14(11)20-8-10-3-1-2-4-12(10)16/h1-7,19H,8H2/b18-7-. The molecule has 3 nitrogen and oxygen atoms in total. The van der Waals surface area contributed by atoms with Crippen molar-refractivity contribution in [1.29, 1.82) is 0 Å². The Morgan fingerprint density at radius 3 is 2.60 bits per heavy atom. The van der Waals surface area contributed by atoms with Gasteiger partial charge in [-0.2, -0.15) is 0 Å². The van der Waals surface area contributed by atoms with Crippen LogP contribution in [0.4, 0.5) is 0 Å². The molecule has 2 aromatic carbocycles. The van der Waals surface area contributed by atoms with Gasteiger partial charge < -0.3 is 9.94 Å². The molecule has 0 saturated carbocycles. The van der Waals surface area contributed by atoms with Crippen LogP contribution in [0.1, 0.15) is 11.1 Å². The largest absolute Gasteiger partial charge is 0.486 e. The number of oxime groups is 1. The smallest absolute Gasteiger partial charge is 0.152 e. The lowest BCUT2D eigenvalue weighted by Crippen LogP contribution is -1.98. The fraction of sp³-hybridized carbons (Fsp3) is 0.0714. The molecule has 0 saturated heterocycles. The van der Waals surface area contributed by atoms with E-state index in [1.807, 2.05) is 18.2 Å². The van der Waals surface area contributed by atoms with E-state index in [4.69, 9.17) is 33.1 Å². The van der Waals surface area contributed by atoms with E-state index in [0.29, 0.717) is 32.4 Å². The van der Waals surface area contributed by atoms with Crippen LogP contribution in [0.15, 0.2) is 46.0 Å². The molecule has 20 heavy (non-hydrogen) atoms. The second kappa shape index (κ2) is 6.97. The zero-order valence-corrected chi connectivity index (χ0v) is 13.3. The molecule has 0 spiro atoms. The second-order valence-corrected chi connectivity index (χ2v) is 5.61. The third-order valence-corrected chi connectivity index (χ3v) is 3.80. The molecule has 2 rings (SSSR count). The molecular weight excluding hydrogens is 365 g/mol. The lowest BCUT2D eigenvalue weighted by molar-refractivity contribution is 0.304. The van der Waals surface area contributed by atoms with Gasteiger partial charge in [0.05, 0.1) is 15.7 Å². The molecule has 1 N–H and O–H groups in total. The molecule has 0 amide bonds. The van der Waals surface area contributed by atoms with E-state index in [-0.39, 0.29) is 0 Å². The molecule has 0 atom stereocenters. The quantitative estimate of drug-likeness (QED) is 0.457. The van der Waals surface area contributed by atoms with Gasteiger partial charge in [0.2, 0.25) is 0 Å². The van der Waals surface area contributed by atoms with E-state index < -0.39 is 0 Å². The van der Waals surface area contributed by atoms with Crippen molar-refractivity contribution in [2.75, 3.05) is 0 Å². The molecule has 2 aromatic rings. The summed E-state index contributed by atoms with van der Waals surface area (Å²) in [6.07, 6.45) is 1.29. The average Bonchev–Trinajstić information content (AvgIpc) is 2.40. The van der Waals surface area contributed by atoms with E-state index in [9.17, 15) is 0 Å². The maximum Gasteiger partial charge on any atom is 0.152 e. The number of ether oxygens (including phenoxy) is 1. The molecule has 104 valence electrons. The van der Waals surface area contributed by atoms with Crippen molar-refractivity contribution in [3.05, 3.63) is 62.0 Å². The summed E-state index contributed by atoms with van der Waals surface area (Å²) in [6, 6.07) is 10.8. The first kappa shape index (κ1) is 15.2. The molecule has 0 unspecified atom stereocenters. The highest BCUT2D eigenvalue weighted by molar-refractivity contribution is 9.10. The van der Waals surface area contributed by atoms with E-state index in [1.165, 1.54) is 6.21 Å². The molecule has 6 heteroatoms. The zero-order valence-electron chi connectivity index (χ0n) is 10.2. The van der Waals surface area contributed by atoms with E-state index in [0.717, 1.165) is 5.56 Å². The Hall–Kier alpha value is -1.23. The van der Waals surface area contributed by atoms with Gasteiger partial charge in [0, 0.05) is 10.6 Å². The minimum absolute atomic E-state index is 0.311. The third-order valence-electron chi connectivity index (χ3n) is 2.56. The van der Waals surface area contributed by atoms with E-state index >= 15 is 0 Å². The molecule has 0 aliphatic carbocycles. The SMILES string of the molecule is O/N=C\c1cc(Cl)c(OCc2ccccc2Cl)c(Br)c1. The van der Waals surface area contributed by atoms with Crippen LogP contribution in [0.2, 0.25) is 10.0 Å². The lowest BCUT2D eigenvalue weighted by atomic mass is 10.2. The van der Waals surface area contributed by atoms with Crippen LogP contribution in [0, 0.1) is 0 Å². The molecule has 0 aliphatic rings. The summed E-state index contributed by atoms with van der Waals surface area (Å²) >= 11 is 15.6. The maximum atomic E-state index is 8.52. The Bertz CT molecular complexity index is 624. The maximum absolute atomic E-state index is 8.52. The molecule has 0 aliphatic heterocycles. The van der Waals surface area contributed by atoms with Crippen LogP contribution in [0.5, 0.6) is 5.75 Å². The van der Waals surface area contributed by atoms with Gasteiger partial charge in [-0.25, -0.2) is 0 Å². The summed E-state index contributed by atoms with van der Waals surface area (Å²) in [5.74, 6) is 0.515. The Morgan fingerprint density at radius 1 is 1.20 bits per heavy atom. The summed E-state index contributed by atoms with van der Waals surface area (Å²) in [7, 11) is 0. The second-order valence-electron chi connectivity index (χ2n) is 3.94. The number of hydrogen-bond donors (Lipinski definition) is 1. The summed E-state index contributed by atoms with van der Waals surface area (Å²) in [5.41, 5.74) is 1.53. The van der Waals surface area contributed by atoms with Crippen molar-refractivity contribution < 1.29 is 9.94 Å². The number of hydrogen-bond acceptors (Lipinski definition) is 3. The first-order chi connectivity index (χ1) is 9.61. The number of rotatable bonds is 4. The lowest BCUT2D eigenvalue weighted by Gasteiger charge is -2.11. The van der Waals surface area contributed by atoms with Gasteiger partial charge in [0.25, 0.3) is 0 Å². The van der Waals surface area contributed by atoms with E-state index in [2.05, 4.69) is 21.1 Å². The average molecular weight is 375 g/mol. The highest BCUT2D eigenvalue weighted by Gasteiger charge is 2.10. The number of nitrogens with zero attached hydrogens (tertiary/aromatic N) is 1. The van der Waals surface area contributed by atoms with Gasteiger partial charge in [-0.05, 0) is 39.7 Å². The van der Waals surface area contributed by atoms with Crippen molar-refractivity contribution in [1.82, 2.24) is 0 Å². The normalized spacial score (nSPS) is 10.9. The van der Waals surface area contributed by atoms with Crippen molar-refractivity contribution in [3.8, 4) is 5.75 Å². The van der Waals surface area contributed by atoms with Crippen LogP contribution < -0.4 is 4.74 Å². The fourth-order valence-corrected chi connectivity index (χ4v) is 2.80. The summed E-state index contributed by atoms with van der Waals surface area (Å²) in [4.78, 5) is 0. The van der Waals surface area contributed by atoms with Crippen LogP contribution in [0.3, 0.4) is 0 Å². The molecule has 0 aromatic heterocycles. The first-order valence-corrected chi connectivity index (χ1v) is 7.19. The molecule has 0 heterocycles. The highest BCUT2D eigenvalue weighted by Crippen LogP contribution is 2.35. The number of benzene rings is 2. The van der Waals surface area contributed by atoms with Gasteiger partial charge in [0.15, 0.2) is 5.75 Å². The predicted octanol–water partition coefficient (Wildman–Crippen LogP) is 5.14. The first-order valence-electron chi connectivity index (χ1n) is 5.64. The third kappa shape index (κ3) is 3.66. The van der Waals surface area contributed by atoms with Crippen molar-refractivity contribution in [2.45, 2.75) is 6.61 Å². The van der Waals surface area contributed by atoms with Gasteiger partial charge in [-0.3, -0.25) is 0 Å². The van der Waals surface area contributed by atoms with Crippen molar-refractivity contribution in [2.24, 2.45) is 5.16 Å². The van der Waals surface area contributed by atoms with Crippen LogP contribution >= 0.6 is 39.1 Å².